The maximum absolute atomic E-state index is 12.8. The summed E-state index contributed by atoms with van der Waals surface area (Å²) in [6.07, 6.45) is 35.0. The SMILES string of the molecule is CCCCC/C=C\C/C=C\CCCCCCCC(=O)OC1CCC2(C)C(CCC3C2CCC2(C)C(C(C)CCC(=O)NCCS(=O)(=O)O)CCC32)C1. The van der Waals surface area contributed by atoms with Gasteiger partial charge < -0.3 is 10.1 Å². The van der Waals surface area contributed by atoms with Crippen molar-refractivity contribution in [3.8, 4) is 0 Å². The highest BCUT2D eigenvalue weighted by molar-refractivity contribution is 7.85. The van der Waals surface area contributed by atoms with Gasteiger partial charge in [0.15, 0.2) is 0 Å². The van der Waals surface area contributed by atoms with E-state index in [1.165, 1.54) is 89.9 Å². The highest BCUT2D eigenvalue weighted by atomic mass is 32.2. The van der Waals surface area contributed by atoms with Gasteiger partial charge in [0.25, 0.3) is 10.1 Å². The molecule has 0 radical (unpaired) electrons. The maximum atomic E-state index is 12.8. The highest BCUT2D eigenvalue weighted by Crippen LogP contribution is 2.68. The highest BCUT2D eigenvalue weighted by Gasteiger charge is 2.60. The second kappa shape index (κ2) is 20.9. The first-order valence-corrected chi connectivity index (χ1v) is 23.2. The van der Waals surface area contributed by atoms with Crippen LogP contribution in [0.4, 0.5) is 0 Å². The molecule has 4 aliphatic carbocycles. The minimum Gasteiger partial charge on any atom is -0.462 e. The van der Waals surface area contributed by atoms with E-state index in [-0.39, 0.29) is 24.5 Å². The second-order valence-corrected chi connectivity index (χ2v) is 19.5. The fourth-order valence-corrected chi connectivity index (χ4v) is 12.0. The van der Waals surface area contributed by atoms with E-state index >= 15 is 0 Å². The fourth-order valence-electron chi connectivity index (χ4n) is 11.6. The van der Waals surface area contributed by atoms with Crippen LogP contribution in [0.3, 0.4) is 0 Å². The van der Waals surface area contributed by atoms with Crippen molar-refractivity contribution < 1.29 is 27.3 Å². The van der Waals surface area contributed by atoms with Crippen LogP contribution < -0.4 is 5.32 Å². The Labute approximate surface area is 318 Å². The third-order valence-corrected chi connectivity index (χ3v) is 15.2. The van der Waals surface area contributed by atoms with E-state index in [1.807, 2.05) is 0 Å². The summed E-state index contributed by atoms with van der Waals surface area (Å²) in [4.78, 5) is 25.2. The van der Waals surface area contributed by atoms with Gasteiger partial charge in [-0.05, 0) is 149 Å². The molecule has 1 amide bonds. The van der Waals surface area contributed by atoms with Crippen LogP contribution in [0.25, 0.3) is 0 Å². The summed E-state index contributed by atoms with van der Waals surface area (Å²) < 4.78 is 37.0. The van der Waals surface area contributed by atoms with Gasteiger partial charge in [0, 0.05) is 19.4 Å². The molecule has 52 heavy (non-hydrogen) atoms. The van der Waals surface area contributed by atoms with Crippen molar-refractivity contribution >= 4 is 22.0 Å². The molecule has 2 N–H and O–H groups in total. The van der Waals surface area contributed by atoms with Crippen molar-refractivity contribution in [2.45, 2.75) is 181 Å². The van der Waals surface area contributed by atoms with Crippen LogP contribution >= 0.6 is 0 Å². The molecule has 0 aliphatic heterocycles. The van der Waals surface area contributed by atoms with Gasteiger partial charge in [0.2, 0.25) is 5.91 Å². The summed E-state index contributed by atoms with van der Waals surface area (Å²) >= 11 is 0. The smallest absolute Gasteiger partial charge is 0.306 e. The molecule has 9 unspecified atom stereocenters. The van der Waals surface area contributed by atoms with Crippen LogP contribution in [0.15, 0.2) is 24.3 Å². The molecule has 0 aromatic carbocycles. The number of nitrogens with one attached hydrogen (secondary N) is 1. The summed E-state index contributed by atoms with van der Waals surface area (Å²) in [5, 5.41) is 2.65. The average Bonchev–Trinajstić information content (AvgIpc) is 3.46. The van der Waals surface area contributed by atoms with Crippen molar-refractivity contribution in [2.75, 3.05) is 12.3 Å². The molecule has 0 saturated heterocycles. The lowest BCUT2D eigenvalue weighted by Crippen LogP contribution is -2.54. The van der Waals surface area contributed by atoms with E-state index in [9.17, 15) is 18.0 Å². The van der Waals surface area contributed by atoms with Gasteiger partial charge in [-0.25, -0.2) is 0 Å². The van der Waals surface area contributed by atoms with Crippen molar-refractivity contribution in [3.63, 3.8) is 0 Å². The number of rotatable bonds is 22. The van der Waals surface area contributed by atoms with Crippen LogP contribution in [0, 0.1) is 46.3 Å². The van der Waals surface area contributed by atoms with Gasteiger partial charge in [-0.2, -0.15) is 8.42 Å². The average molecular weight is 746 g/mol. The molecule has 0 aromatic heterocycles. The molecule has 0 bridgehead atoms. The van der Waals surface area contributed by atoms with Gasteiger partial charge in [0.05, 0.1) is 5.75 Å². The minimum absolute atomic E-state index is 0.0168. The number of carbonyl (C=O) groups excluding carboxylic acids is 2. The quantitative estimate of drug-likeness (QED) is 0.0494. The monoisotopic (exact) mass is 746 g/mol. The number of carbonyl (C=O) groups is 2. The van der Waals surface area contributed by atoms with Gasteiger partial charge in [-0.15, -0.1) is 0 Å². The van der Waals surface area contributed by atoms with Gasteiger partial charge in [-0.1, -0.05) is 84.1 Å². The lowest BCUT2D eigenvalue weighted by Gasteiger charge is -2.61. The van der Waals surface area contributed by atoms with Crippen LogP contribution in [-0.2, 0) is 24.4 Å². The summed E-state index contributed by atoms with van der Waals surface area (Å²) in [5.74, 6) is 3.44. The molecule has 4 fully saturated rings. The maximum Gasteiger partial charge on any atom is 0.306 e. The number of allylic oxidation sites excluding steroid dienone is 4. The fraction of sp³-hybridized carbons (Fsp3) is 0.864. The van der Waals surface area contributed by atoms with Crippen molar-refractivity contribution in [3.05, 3.63) is 24.3 Å². The predicted molar refractivity (Wildman–Crippen MR) is 212 cm³/mol. The van der Waals surface area contributed by atoms with Crippen molar-refractivity contribution in [2.24, 2.45) is 46.3 Å². The number of esters is 1. The van der Waals surface area contributed by atoms with E-state index in [0.29, 0.717) is 41.4 Å². The third kappa shape index (κ3) is 12.4. The molecular weight excluding hydrogens is 671 g/mol. The molecule has 0 aromatic rings. The predicted octanol–water partition coefficient (Wildman–Crippen LogP) is 10.8. The Balaban J connectivity index is 1.12. The molecule has 0 heterocycles. The molecule has 4 rings (SSSR count). The standard InChI is InChI=1S/C44H75NO6S/c1-5-6-7-8-9-10-11-12-13-14-15-16-17-18-19-20-42(47)51-36-27-29-43(3)35(33-36)22-23-37-39-25-24-38(44(39,4)30-28-40(37)43)34(2)21-26-41(46)45-31-32-52(48,49)50/h9-10,12-13,34-40H,5-8,11,14-33H2,1-4H3,(H,45,46)(H,48,49,50)/b10-9-,13-12-. The molecule has 298 valence electrons. The topological polar surface area (TPSA) is 110 Å². The number of hydrogen-bond acceptors (Lipinski definition) is 5. The summed E-state index contributed by atoms with van der Waals surface area (Å²) in [5.41, 5.74) is 0.664. The van der Waals surface area contributed by atoms with Crippen LogP contribution in [0.1, 0.15) is 175 Å². The minimum atomic E-state index is -4.06. The summed E-state index contributed by atoms with van der Waals surface area (Å²) in [6.45, 7) is 9.64. The Hall–Kier alpha value is -1.67. The normalized spacial score (nSPS) is 32.3. The molecule has 9 atom stereocenters. The number of fused-ring (bicyclic) bond motifs is 5. The number of ether oxygens (including phenoxy) is 1. The Morgan fingerprint density at radius 3 is 2.23 bits per heavy atom. The Bertz CT molecular complexity index is 1280. The first kappa shape index (κ1) is 43.1. The second-order valence-electron chi connectivity index (χ2n) is 17.9. The largest absolute Gasteiger partial charge is 0.462 e. The molecule has 8 heteroatoms. The lowest BCUT2D eigenvalue weighted by atomic mass is 9.44. The number of unbranched alkanes of at least 4 members (excludes halogenated alkanes) is 8. The molecule has 0 spiro atoms. The van der Waals surface area contributed by atoms with Crippen molar-refractivity contribution in [1.82, 2.24) is 5.32 Å². The lowest BCUT2D eigenvalue weighted by molar-refractivity contribution is -0.162. The first-order valence-electron chi connectivity index (χ1n) is 21.6. The summed E-state index contributed by atoms with van der Waals surface area (Å²) in [6, 6.07) is 0. The van der Waals surface area contributed by atoms with Gasteiger partial charge in [-0.3, -0.25) is 14.1 Å². The molecule has 4 saturated carbocycles. The Kier molecular flexibility index (Phi) is 17.3. The Morgan fingerprint density at radius 1 is 0.827 bits per heavy atom. The zero-order valence-electron chi connectivity index (χ0n) is 33.4. The van der Waals surface area contributed by atoms with E-state index in [0.717, 1.165) is 62.7 Å². The number of amides is 1. The van der Waals surface area contributed by atoms with Crippen LogP contribution in [0.2, 0.25) is 0 Å². The summed E-state index contributed by atoms with van der Waals surface area (Å²) in [7, 11) is -4.06. The molecule has 4 aliphatic rings. The molecule has 7 nitrogen and oxygen atoms in total. The number of hydrogen-bond donors (Lipinski definition) is 2. The zero-order valence-corrected chi connectivity index (χ0v) is 34.2. The van der Waals surface area contributed by atoms with E-state index in [1.54, 1.807) is 0 Å². The zero-order chi connectivity index (χ0) is 37.6. The Morgan fingerprint density at radius 2 is 1.50 bits per heavy atom. The molecular formula is C44H75NO6S. The van der Waals surface area contributed by atoms with Gasteiger partial charge in [0.1, 0.15) is 6.10 Å². The van der Waals surface area contributed by atoms with Crippen LogP contribution in [-0.4, -0.2) is 43.2 Å². The van der Waals surface area contributed by atoms with Crippen LogP contribution in [0.5, 0.6) is 0 Å². The van der Waals surface area contributed by atoms with E-state index < -0.39 is 15.9 Å². The van der Waals surface area contributed by atoms with Crippen molar-refractivity contribution in [1.29, 1.82) is 0 Å². The third-order valence-electron chi connectivity index (χ3n) is 14.5. The first-order chi connectivity index (χ1) is 24.9. The van der Waals surface area contributed by atoms with Gasteiger partial charge >= 0.3 is 5.97 Å². The van der Waals surface area contributed by atoms with E-state index in [4.69, 9.17) is 9.29 Å². The van der Waals surface area contributed by atoms with E-state index in [2.05, 4.69) is 57.3 Å².